The summed E-state index contributed by atoms with van der Waals surface area (Å²) in [4.78, 5) is 23.1. The topological polar surface area (TPSA) is 113 Å². The first kappa shape index (κ1) is 20.0. The Morgan fingerprint density at radius 2 is 1.45 bits per heavy atom. The molecule has 0 aliphatic heterocycles. The van der Waals surface area contributed by atoms with Crippen LogP contribution < -0.4 is 10.0 Å². The molecule has 3 aromatic carbocycles. The first-order chi connectivity index (χ1) is 13.7. The van der Waals surface area contributed by atoms with E-state index < -0.39 is 27.7 Å². The van der Waals surface area contributed by atoms with Crippen LogP contribution in [0.1, 0.15) is 20.7 Å². The number of anilines is 2. The van der Waals surface area contributed by atoms with Crippen molar-refractivity contribution in [2.24, 2.45) is 0 Å². The molecule has 3 rings (SSSR count). The highest BCUT2D eigenvalue weighted by molar-refractivity contribution is 7.92. The van der Waals surface area contributed by atoms with Gasteiger partial charge >= 0.3 is 5.97 Å². The fourth-order valence-electron chi connectivity index (χ4n) is 2.44. The zero-order valence-electron chi connectivity index (χ0n) is 14.8. The molecule has 0 aromatic heterocycles. The number of carboxylic acid groups (broad SMARTS) is 1. The van der Waals surface area contributed by atoms with Gasteiger partial charge in [-0.15, -0.1) is 0 Å². The van der Waals surface area contributed by atoms with E-state index in [1.54, 1.807) is 0 Å². The third-order valence-electron chi connectivity index (χ3n) is 3.89. The second-order valence-corrected chi connectivity index (χ2v) is 7.66. The van der Waals surface area contributed by atoms with E-state index in [0.29, 0.717) is 5.69 Å². The minimum Gasteiger partial charge on any atom is -0.478 e. The summed E-state index contributed by atoms with van der Waals surface area (Å²) in [5.74, 6) is -2.13. The number of carbonyl (C=O) groups is 2. The van der Waals surface area contributed by atoms with Gasteiger partial charge in [-0.25, -0.2) is 17.6 Å². The average Bonchev–Trinajstić information content (AvgIpc) is 2.70. The van der Waals surface area contributed by atoms with Gasteiger partial charge in [-0.3, -0.25) is 9.52 Å². The van der Waals surface area contributed by atoms with Crippen molar-refractivity contribution >= 4 is 33.3 Å². The van der Waals surface area contributed by atoms with Crippen molar-refractivity contribution in [3.05, 3.63) is 89.7 Å². The van der Waals surface area contributed by atoms with Crippen molar-refractivity contribution in [3.8, 4) is 0 Å². The van der Waals surface area contributed by atoms with Gasteiger partial charge in [-0.1, -0.05) is 6.07 Å². The predicted octanol–water partition coefficient (Wildman–Crippen LogP) is 3.58. The van der Waals surface area contributed by atoms with Crippen molar-refractivity contribution in [3.63, 3.8) is 0 Å². The smallest absolute Gasteiger partial charge is 0.335 e. The highest BCUT2D eigenvalue weighted by Crippen LogP contribution is 2.19. The maximum atomic E-state index is 13.0. The van der Waals surface area contributed by atoms with E-state index in [1.165, 1.54) is 72.8 Å². The number of sulfonamides is 1. The van der Waals surface area contributed by atoms with Gasteiger partial charge in [-0.05, 0) is 66.7 Å². The minimum absolute atomic E-state index is 0.0207. The molecule has 0 saturated heterocycles. The Morgan fingerprint density at radius 3 is 2.07 bits per heavy atom. The van der Waals surface area contributed by atoms with Crippen LogP contribution in [-0.2, 0) is 10.0 Å². The Kier molecular flexibility index (Phi) is 5.60. The van der Waals surface area contributed by atoms with Gasteiger partial charge in [-0.2, -0.15) is 0 Å². The van der Waals surface area contributed by atoms with Crippen LogP contribution in [0, 0.1) is 5.82 Å². The van der Waals surface area contributed by atoms with Crippen LogP contribution in [0.4, 0.5) is 15.8 Å². The van der Waals surface area contributed by atoms with Crippen LogP contribution in [0.2, 0.25) is 0 Å². The van der Waals surface area contributed by atoms with Crippen molar-refractivity contribution in [2.45, 2.75) is 4.90 Å². The molecule has 0 aliphatic carbocycles. The van der Waals surface area contributed by atoms with E-state index in [1.807, 2.05) is 0 Å². The summed E-state index contributed by atoms with van der Waals surface area (Å²) in [6, 6.07) is 15.7. The second-order valence-electron chi connectivity index (χ2n) is 5.98. The summed E-state index contributed by atoms with van der Waals surface area (Å²) in [5, 5.41) is 11.4. The maximum absolute atomic E-state index is 13.0. The number of nitrogens with one attached hydrogen (secondary N) is 2. The van der Waals surface area contributed by atoms with Gasteiger partial charge in [0.05, 0.1) is 10.5 Å². The zero-order valence-corrected chi connectivity index (χ0v) is 15.6. The molecule has 0 bridgehead atoms. The largest absolute Gasteiger partial charge is 0.478 e. The van der Waals surface area contributed by atoms with Crippen LogP contribution in [0.25, 0.3) is 0 Å². The lowest BCUT2D eigenvalue weighted by Gasteiger charge is -2.10. The number of benzene rings is 3. The minimum atomic E-state index is -4.01. The van der Waals surface area contributed by atoms with Crippen molar-refractivity contribution < 1.29 is 27.5 Å². The Bertz CT molecular complexity index is 1160. The molecule has 1 amide bonds. The monoisotopic (exact) mass is 414 g/mol. The second kappa shape index (κ2) is 8.11. The van der Waals surface area contributed by atoms with Gasteiger partial charge < -0.3 is 10.4 Å². The SMILES string of the molecule is O=C(O)c1ccc(NS(=O)(=O)c2cccc(C(=O)Nc3ccc(F)cc3)c2)cc1. The molecule has 0 spiro atoms. The predicted molar refractivity (Wildman–Crippen MR) is 105 cm³/mol. The lowest BCUT2D eigenvalue weighted by Crippen LogP contribution is -2.16. The van der Waals surface area contributed by atoms with Crippen LogP contribution >= 0.6 is 0 Å². The molecule has 0 heterocycles. The number of hydrogen-bond acceptors (Lipinski definition) is 4. The summed E-state index contributed by atoms with van der Waals surface area (Å²) < 4.78 is 40.5. The van der Waals surface area contributed by atoms with E-state index in [9.17, 15) is 22.4 Å². The fourth-order valence-corrected chi connectivity index (χ4v) is 3.54. The quantitative estimate of drug-likeness (QED) is 0.571. The summed E-state index contributed by atoms with van der Waals surface area (Å²) in [7, 11) is -4.01. The molecule has 29 heavy (non-hydrogen) atoms. The molecular weight excluding hydrogens is 399 g/mol. The van der Waals surface area contributed by atoms with Gasteiger partial charge in [0.25, 0.3) is 15.9 Å². The Labute approximate surface area is 165 Å². The summed E-state index contributed by atoms with van der Waals surface area (Å²) in [6.45, 7) is 0. The molecule has 0 fully saturated rings. The molecule has 3 aromatic rings. The molecule has 0 radical (unpaired) electrons. The number of hydrogen-bond donors (Lipinski definition) is 3. The normalized spacial score (nSPS) is 10.9. The molecule has 0 aliphatic rings. The highest BCUT2D eigenvalue weighted by atomic mass is 32.2. The maximum Gasteiger partial charge on any atom is 0.335 e. The summed E-state index contributed by atoms with van der Waals surface area (Å²) in [6.07, 6.45) is 0. The van der Waals surface area contributed by atoms with Crippen molar-refractivity contribution in [1.29, 1.82) is 0 Å². The van der Waals surface area contributed by atoms with E-state index in [4.69, 9.17) is 5.11 Å². The molecule has 0 saturated carbocycles. The lowest BCUT2D eigenvalue weighted by atomic mass is 10.2. The molecule has 3 N–H and O–H groups in total. The Hall–Kier alpha value is -3.72. The number of halogens is 1. The average molecular weight is 414 g/mol. The van der Waals surface area contributed by atoms with E-state index in [2.05, 4.69) is 10.0 Å². The van der Waals surface area contributed by atoms with Gasteiger partial charge in [0.2, 0.25) is 0 Å². The lowest BCUT2D eigenvalue weighted by molar-refractivity contribution is 0.0696. The van der Waals surface area contributed by atoms with E-state index in [0.717, 1.165) is 0 Å². The van der Waals surface area contributed by atoms with Gasteiger partial charge in [0.1, 0.15) is 5.82 Å². The summed E-state index contributed by atoms with van der Waals surface area (Å²) in [5.41, 5.74) is 0.656. The standard InChI is InChI=1S/C20H15FN2O5S/c21-15-6-10-16(11-7-15)22-19(24)14-2-1-3-18(12-14)29(27,28)23-17-8-4-13(5-9-17)20(25)26/h1-12,23H,(H,22,24)(H,25,26). The Morgan fingerprint density at radius 1 is 0.828 bits per heavy atom. The number of amides is 1. The molecule has 148 valence electrons. The van der Waals surface area contributed by atoms with E-state index >= 15 is 0 Å². The first-order valence-electron chi connectivity index (χ1n) is 8.28. The fraction of sp³-hybridized carbons (Fsp3) is 0. The Balaban J connectivity index is 1.78. The molecular formula is C20H15FN2O5S. The highest BCUT2D eigenvalue weighted by Gasteiger charge is 2.17. The van der Waals surface area contributed by atoms with Crippen LogP contribution in [0.3, 0.4) is 0 Å². The van der Waals surface area contributed by atoms with Crippen molar-refractivity contribution in [1.82, 2.24) is 0 Å². The molecule has 0 atom stereocenters. The number of aromatic carboxylic acids is 1. The molecule has 7 nitrogen and oxygen atoms in total. The summed E-state index contributed by atoms with van der Waals surface area (Å²) >= 11 is 0. The van der Waals surface area contributed by atoms with Crippen LogP contribution in [-0.4, -0.2) is 25.4 Å². The van der Waals surface area contributed by atoms with Gasteiger partial charge in [0.15, 0.2) is 0 Å². The zero-order chi connectivity index (χ0) is 21.0. The first-order valence-corrected chi connectivity index (χ1v) is 9.76. The molecule has 9 heteroatoms. The molecule has 0 unspecified atom stereocenters. The third kappa shape index (κ3) is 4.96. The number of carbonyl (C=O) groups excluding carboxylic acids is 1. The number of carboxylic acids is 1. The van der Waals surface area contributed by atoms with Crippen LogP contribution in [0.15, 0.2) is 77.7 Å². The third-order valence-corrected chi connectivity index (χ3v) is 5.27. The van der Waals surface area contributed by atoms with Crippen molar-refractivity contribution in [2.75, 3.05) is 10.0 Å². The van der Waals surface area contributed by atoms with E-state index in [-0.39, 0.29) is 21.7 Å². The van der Waals surface area contributed by atoms with Crippen LogP contribution in [0.5, 0.6) is 0 Å². The number of rotatable bonds is 6. The van der Waals surface area contributed by atoms with Gasteiger partial charge in [0, 0.05) is 16.9 Å².